The molecule has 164 valence electrons. The summed E-state index contributed by atoms with van der Waals surface area (Å²) in [5, 5.41) is 0. The van der Waals surface area contributed by atoms with Crippen LogP contribution in [0.25, 0.3) is 6.08 Å². The van der Waals surface area contributed by atoms with Crippen LogP contribution in [0.1, 0.15) is 40.4 Å². The third-order valence-corrected chi connectivity index (χ3v) is 4.74. The maximum atomic E-state index is 12.6. The van der Waals surface area contributed by atoms with Crippen molar-refractivity contribution in [1.82, 2.24) is 0 Å². The first-order valence-corrected chi connectivity index (χ1v) is 10.4. The number of ketones is 1. The van der Waals surface area contributed by atoms with Crippen LogP contribution in [0.5, 0.6) is 17.2 Å². The average molecular weight is 431 g/mol. The molecule has 0 unspecified atom stereocenters. The molecule has 3 rings (SSSR count). The van der Waals surface area contributed by atoms with Crippen molar-refractivity contribution in [2.45, 2.75) is 20.3 Å². The number of ether oxygens (including phenoxy) is 3. The largest absolute Gasteiger partial charge is 0.493 e. The molecule has 5 nitrogen and oxygen atoms in total. The fourth-order valence-corrected chi connectivity index (χ4v) is 3.09. The lowest BCUT2D eigenvalue weighted by atomic mass is 10.0. The fraction of sp³-hybridized carbons (Fsp3) is 0.185. The molecule has 0 aromatic heterocycles. The van der Waals surface area contributed by atoms with Crippen molar-refractivity contribution in [2.75, 3.05) is 13.7 Å². The maximum absolute atomic E-state index is 12.6. The second kappa shape index (κ2) is 11.0. The summed E-state index contributed by atoms with van der Waals surface area (Å²) >= 11 is 0. The first kappa shape index (κ1) is 22.8. The van der Waals surface area contributed by atoms with E-state index < -0.39 is 5.97 Å². The maximum Gasteiger partial charge on any atom is 0.336 e. The summed E-state index contributed by atoms with van der Waals surface area (Å²) in [4.78, 5) is 24.9. The molecule has 32 heavy (non-hydrogen) atoms. The molecule has 0 spiro atoms. The van der Waals surface area contributed by atoms with Gasteiger partial charge in [-0.25, -0.2) is 4.79 Å². The van der Waals surface area contributed by atoms with Gasteiger partial charge < -0.3 is 14.2 Å². The van der Waals surface area contributed by atoms with Crippen LogP contribution in [-0.4, -0.2) is 25.5 Å². The smallest absolute Gasteiger partial charge is 0.336 e. The Labute approximate surface area is 188 Å². The Morgan fingerprint density at radius 1 is 0.875 bits per heavy atom. The Morgan fingerprint density at radius 2 is 1.62 bits per heavy atom. The van der Waals surface area contributed by atoms with Gasteiger partial charge in [0.15, 0.2) is 17.3 Å². The summed E-state index contributed by atoms with van der Waals surface area (Å²) < 4.78 is 16.4. The van der Waals surface area contributed by atoms with E-state index in [2.05, 4.69) is 0 Å². The van der Waals surface area contributed by atoms with Gasteiger partial charge in [0.05, 0.1) is 13.7 Å². The zero-order chi connectivity index (χ0) is 22.9. The van der Waals surface area contributed by atoms with E-state index in [-0.39, 0.29) is 5.78 Å². The summed E-state index contributed by atoms with van der Waals surface area (Å²) in [6, 6.07) is 19.5. The van der Waals surface area contributed by atoms with E-state index in [1.54, 1.807) is 56.5 Å². The van der Waals surface area contributed by atoms with E-state index in [9.17, 15) is 9.59 Å². The molecule has 0 saturated carbocycles. The van der Waals surface area contributed by atoms with Crippen molar-refractivity contribution in [3.63, 3.8) is 0 Å². The lowest BCUT2D eigenvalue weighted by molar-refractivity contribution is -0.128. The molecule has 0 heterocycles. The first-order chi connectivity index (χ1) is 15.5. The Balaban J connectivity index is 1.67. The number of hydrogen-bond donors (Lipinski definition) is 0. The third-order valence-electron chi connectivity index (χ3n) is 4.74. The molecule has 0 amide bonds. The van der Waals surface area contributed by atoms with E-state index in [0.717, 1.165) is 12.0 Å². The number of rotatable bonds is 9. The highest BCUT2D eigenvalue weighted by atomic mass is 16.5. The van der Waals surface area contributed by atoms with Crippen LogP contribution in [0, 0.1) is 6.92 Å². The minimum atomic E-state index is -0.513. The third kappa shape index (κ3) is 5.85. The molecule has 0 aliphatic rings. The summed E-state index contributed by atoms with van der Waals surface area (Å²) in [5.41, 5.74) is 2.64. The molecular weight excluding hydrogens is 404 g/mol. The van der Waals surface area contributed by atoms with Crippen LogP contribution < -0.4 is 14.2 Å². The second-order valence-corrected chi connectivity index (χ2v) is 7.19. The molecule has 0 saturated heterocycles. The van der Waals surface area contributed by atoms with Gasteiger partial charge in [-0.3, -0.25) is 4.79 Å². The summed E-state index contributed by atoms with van der Waals surface area (Å²) in [5.74, 6) is 1.08. The van der Waals surface area contributed by atoms with Gasteiger partial charge in [-0.15, -0.1) is 0 Å². The second-order valence-electron chi connectivity index (χ2n) is 7.19. The van der Waals surface area contributed by atoms with E-state index >= 15 is 0 Å². The van der Waals surface area contributed by atoms with Gasteiger partial charge in [-0.2, -0.15) is 0 Å². The highest BCUT2D eigenvalue weighted by Gasteiger charge is 2.12. The van der Waals surface area contributed by atoms with Crippen molar-refractivity contribution < 1.29 is 23.8 Å². The van der Waals surface area contributed by atoms with Crippen molar-refractivity contribution in [1.29, 1.82) is 0 Å². The van der Waals surface area contributed by atoms with E-state index in [1.807, 2.05) is 37.3 Å². The van der Waals surface area contributed by atoms with Gasteiger partial charge in [0.1, 0.15) is 5.75 Å². The molecule has 0 aliphatic carbocycles. The molecule has 0 aliphatic heterocycles. The quantitative estimate of drug-likeness (QED) is 0.190. The van der Waals surface area contributed by atoms with Gasteiger partial charge in [-0.05, 0) is 60.9 Å². The molecule has 0 N–H and O–H groups in total. The van der Waals surface area contributed by atoms with Crippen LogP contribution in [0.2, 0.25) is 0 Å². The van der Waals surface area contributed by atoms with Gasteiger partial charge in [0.2, 0.25) is 0 Å². The lowest BCUT2D eigenvalue weighted by Crippen LogP contribution is -2.06. The zero-order valence-corrected chi connectivity index (χ0v) is 18.5. The van der Waals surface area contributed by atoms with E-state index in [4.69, 9.17) is 14.2 Å². The van der Waals surface area contributed by atoms with Gasteiger partial charge >= 0.3 is 5.97 Å². The number of methoxy groups -OCH3 is 1. The first-order valence-electron chi connectivity index (χ1n) is 10.4. The van der Waals surface area contributed by atoms with Crippen LogP contribution in [0.3, 0.4) is 0 Å². The van der Waals surface area contributed by atoms with Crippen molar-refractivity contribution in [3.05, 3.63) is 95.1 Å². The normalized spacial score (nSPS) is 10.7. The molecule has 0 fully saturated rings. The number of carbonyl (C=O) groups excluding carboxylic acids is 2. The highest BCUT2D eigenvalue weighted by Crippen LogP contribution is 2.29. The predicted molar refractivity (Wildman–Crippen MR) is 125 cm³/mol. The van der Waals surface area contributed by atoms with Crippen LogP contribution in [0.15, 0.2) is 72.8 Å². The molecule has 5 heteroatoms. The summed E-state index contributed by atoms with van der Waals surface area (Å²) in [6.07, 6.45) is 3.90. The van der Waals surface area contributed by atoms with Crippen LogP contribution in [-0.2, 0) is 4.79 Å². The van der Waals surface area contributed by atoms with Gasteiger partial charge in [0, 0.05) is 17.2 Å². The fourth-order valence-electron chi connectivity index (χ4n) is 3.09. The number of hydrogen-bond acceptors (Lipinski definition) is 5. The zero-order valence-electron chi connectivity index (χ0n) is 18.5. The number of carbonyl (C=O) groups is 2. The molecule has 0 radical (unpaired) electrons. The van der Waals surface area contributed by atoms with E-state index in [1.165, 1.54) is 6.08 Å². The Hall–Kier alpha value is -3.86. The number of aryl methyl sites for hydroxylation is 1. The van der Waals surface area contributed by atoms with Crippen molar-refractivity contribution in [2.24, 2.45) is 0 Å². The lowest BCUT2D eigenvalue weighted by Gasteiger charge is -2.10. The summed E-state index contributed by atoms with van der Waals surface area (Å²) in [6.45, 7) is 4.44. The van der Waals surface area contributed by atoms with Crippen molar-refractivity contribution >= 4 is 17.8 Å². The molecule has 0 atom stereocenters. The number of esters is 1. The van der Waals surface area contributed by atoms with E-state index in [0.29, 0.717) is 40.5 Å². The minimum Gasteiger partial charge on any atom is -0.493 e. The monoisotopic (exact) mass is 430 g/mol. The summed E-state index contributed by atoms with van der Waals surface area (Å²) in [7, 11) is 1.57. The predicted octanol–water partition coefficient (Wildman–Crippen LogP) is 5.64. The average Bonchev–Trinajstić information content (AvgIpc) is 2.83. The molecule has 3 aromatic carbocycles. The molecule has 3 aromatic rings. The Morgan fingerprint density at radius 3 is 2.31 bits per heavy atom. The SMILES string of the molecule is CCCOc1ccc(/C=C/C(=O)Oc2ccc(C(=O)c3ccccc3)cc2C)cc1OC. The number of benzene rings is 3. The topological polar surface area (TPSA) is 61.8 Å². The Bertz CT molecular complexity index is 1120. The van der Waals surface area contributed by atoms with Gasteiger partial charge in [0.25, 0.3) is 0 Å². The highest BCUT2D eigenvalue weighted by molar-refractivity contribution is 6.09. The van der Waals surface area contributed by atoms with Crippen molar-refractivity contribution in [3.8, 4) is 17.2 Å². The van der Waals surface area contributed by atoms with Crippen LogP contribution >= 0.6 is 0 Å². The Kier molecular flexibility index (Phi) is 7.81. The van der Waals surface area contributed by atoms with Gasteiger partial charge in [-0.1, -0.05) is 43.3 Å². The van der Waals surface area contributed by atoms with Crippen LogP contribution in [0.4, 0.5) is 0 Å². The molecule has 0 bridgehead atoms. The minimum absolute atomic E-state index is 0.0771. The molecular formula is C27H26O5. The standard InChI is InChI=1S/C27H26O5/c1-4-16-31-24-13-10-20(18-25(24)30-3)11-15-26(28)32-23-14-12-22(17-19(23)2)27(29)21-8-6-5-7-9-21/h5-15,17-18H,4,16H2,1-3H3/b15-11+.